The van der Waals surface area contributed by atoms with Gasteiger partial charge in [-0.1, -0.05) is 36.4 Å². The predicted molar refractivity (Wildman–Crippen MR) is 118 cm³/mol. The first kappa shape index (κ1) is 21.9. The Bertz CT molecular complexity index is 1250. The SMILES string of the molecule is O=C(COc1ccccc1)Nc1cc(O)ccc1S(=O)(=O)Cc1ccc2c(c1)B(O)OC2. The number of carbonyl (C=O) groups excluding carboxylic acids is 1. The first-order valence-electron chi connectivity index (χ1n) is 9.77. The van der Waals surface area contributed by atoms with Gasteiger partial charge in [0.25, 0.3) is 5.91 Å². The van der Waals surface area contributed by atoms with Crippen LogP contribution < -0.4 is 15.5 Å². The zero-order valence-electron chi connectivity index (χ0n) is 16.9. The summed E-state index contributed by atoms with van der Waals surface area (Å²) in [5.74, 6) is -0.634. The van der Waals surface area contributed by atoms with Gasteiger partial charge in [-0.25, -0.2) is 8.42 Å². The Balaban J connectivity index is 1.53. The van der Waals surface area contributed by atoms with Crippen molar-refractivity contribution in [3.05, 3.63) is 77.9 Å². The van der Waals surface area contributed by atoms with E-state index in [1.807, 2.05) is 6.07 Å². The van der Waals surface area contributed by atoms with Crippen LogP contribution in [0.1, 0.15) is 11.1 Å². The summed E-state index contributed by atoms with van der Waals surface area (Å²) in [6, 6.07) is 17.3. The van der Waals surface area contributed by atoms with E-state index < -0.39 is 22.9 Å². The second kappa shape index (κ2) is 9.03. The maximum atomic E-state index is 13.1. The number of phenolic OH excluding ortho intramolecular Hbond substituents is 1. The molecule has 0 unspecified atom stereocenters. The highest BCUT2D eigenvalue weighted by Crippen LogP contribution is 2.29. The van der Waals surface area contributed by atoms with Gasteiger partial charge in [0.1, 0.15) is 11.5 Å². The van der Waals surface area contributed by atoms with E-state index in [4.69, 9.17) is 9.39 Å². The topological polar surface area (TPSA) is 122 Å². The number of amides is 1. The van der Waals surface area contributed by atoms with Crippen molar-refractivity contribution in [3.8, 4) is 11.5 Å². The number of benzene rings is 3. The molecular formula is C22H20BNO7S. The van der Waals surface area contributed by atoms with Gasteiger partial charge in [-0.2, -0.15) is 0 Å². The van der Waals surface area contributed by atoms with Gasteiger partial charge in [-0.3, -0.25) is 4.79 Å². The third-order valence-corrected chi connectivity index (χ3v) is 6.65. The van der Waals surface area contributed by atoms with E-state index in [1.165, 1.54) is 18.2 Å². The van der Waals surface area contributed by atoms with Gasteiger partial charge in [0.15, 0.2) is 16.4 Å². The first-order chi connectivity index (χ1) is 15.3. The molecule has 1 aliphatic heterocycles. The Kier molecular flexibility index (Phi) is 6.18. The molecule has 1 amide bonds. The summed E-state index contributed by atoms with van der Waals surface area (Å²) in [6.07, 6.45) is 0. The fraction of sp³-hybridized carbons (Fsp3) is 0.136. The smallest absolute Gasteiger partial charge is 0.491 e. The van der Waals surface area contributed by atoms with Crippen molar-refractivity contribution < 1.29 is 32.7 Å². The Morgan fingerprint density at radius 3 is 2.66 bits per heavy atom. The molecule has 0 atom stereocenters. The summed E-state index contributed by atoms with van der Waals surface area (Å²) < 4.78 is 36.8. The molecule has 0 saturated carbocycles. The maximum absolute atomic E-state index is 13.1. The van der Waals surface area contributed by atoms with Crippen molar-refractivity contribution in [1.82, 2.24) is 0 Å². The molecule has 8 nitrogen and oxygen atoms in total. The van der Waals surface area contributed by atoms with Crippen LogP contribution >= 0.6 is 0 Å². The Morgan fingerprint density at radius 2 is 1.88 bits per heavy atom. The molecular weight excluding hydrogens is 433 g/mol. The lowest BCUT2D eigenvalue weighted by Gasteiger charge is -2.13. The van der Waals surface area contributed by atoms with Gasteiger partial charge >= 0.3 is 7.12 Å². The zero-order chi connectivity index (χ0) is 22.7. The standard InChI is InChI=1S/C22H20BNO7S/c25-17-8-9-21(20(11-17)24-22(26)13-30-18-4-2-1-3-5-18)32(28,29)14-15-6-7-16-12-31-23(27)19(16)10-15/h1-11,25,27H,12-14H2,(H,24,26). The van der Waals surface area contributed by atoms with E-state index in [0.717, 1.165) is 5.56 Å². The molecule has 0 aromatic heterocycles. The Labute approximate surface area is 185 Å². The van der Waals surface area contributed by atoms with Crippen LogP contribution in [0.2, 0.25) is 0 Å². The first-order valence-corrected chi connectivity index (χ1v) is 11.4. The molecule has 0 saturated heterocycles. The van der Waals surface area contributed by atoms with E-state index in [0.29, 0.717) is 16.8 Å². The second-order valence-electron chi connectivity index (χ2n) is 7.29. The average molecular weight is 453 g/mol. The molecule has 0 fully saturated rings. The summed E-state index contributed by atoms with van der Waals surface area (Å²) in [6.45, 7) is -0.0649. The number of carbonyl (C=O) groups is 1. The molecule has 3 aromatic carbocycles. The van der Waals surface area contributed by atoms with Crippen LogP contribution in [0.25, 0.3) is 0 Å². The lowest BCUT2D eigenvalue weighted by atomic mass is 9.79. The van der Waals surface area contributed by atoms with Crippen molar-refractivity contribution in [1.29, 1.82) is 0 Å². The van der Waals surface area contributed by atoms with Crippen molar-refractivity contribution in [3.63, 3.8) is 0 Å². The molecule has 0 bridgehead atoms. The van der Waals surface area contributed by atoms with Gasteiger partial charge < -0.3 is 24.8 Å². The van der Waals surface area contributed by atoms with Crippen molar-refractivity contribution >= 4 is 34.0 Å². The number of sulfone groups is 1. The van der Waals surface area contributed by atoms with E-state index in [2.05, 4.69) is 5.32 Å². The normalized spacial score (nSPS) is 13.0. The number of aromatic hydroxyl groups is 1. The van der Waals surface area contributed by atoms with Crippen LogP contribution in [-0.2, 0) is 31.6 Å². The minimum atomic E-state index is -3.90. The minimum Gasteiger partial charge on any atom is -0.508 e. The predicted octanol–water partition coefficient (Wildman–Crippen LogP) is 1.60. The van der Waals surface area contributed by atoms with Crippen LogP contribution in [0.15, 0.2) is 71.6 Å². The zero-order valence-corrected chi connectivity index (χ0v) is 17.7. The van der Waals surface area contributed by atoms with Crippen LogP contribution in [0.4, 0.5) is 5.69 Å². The molecule has 32 heavy (non-hydrogen) atoms. The molecule has 3 N–H and O–H groups in total. The monoisotopic (exact) mass is 453 g/mol. The fourth-order valence-electron chi connectivity index (χ4n) is 3.39. The molecule has 1 heterocycles. The quantitative estimate of drug-likeness (QED) is 0.465. The van der Waals surface area contributed by atoms with Gasteiger partial charge in [-0.05, 0) is 40.9 Å². The largest absolute Gasteiger partial charge is 0.508 e. The summed E-state index contributed by atoms with van der Waals surface area (Å²) >= 11 is 0. The van der Waals surface area contributed by atoms with Gasteiger partial charge in [0.05, 0.1) is 22.9 Å². The van der Waals surface area contributed by atoms with Crippen LogP contribution in [0.5, 0.6) is 11.5 Å². The number of ether oxygens (including phenoxy) is 1. The Hall–Kier alpha value is -3.34. The van der Waals surface area contributed by atoms with Crippen molar-refractivity contribution in [2.24, 2.45) is 0 Å². The Morgan fingerprint density at radius 1 is 1.09 bits per heavy atom. The lowest BCUT2D eigenvalue weighted by Crippen LogP contribution is -2.28. The lowest BCUT2D eigenvalue weighted by molar-refractivity contribution is -0.118. The molecule has 0 spiro atoms. The second-order valence-corrected chi connectivity index (χ2v) is 9.24. The van der Waals surface area contributed by atoms with E-state index in [-0.39, 0.29) is 35.3 Å². The van der Waals surface area contributed by atoms with Crippen LogP contribution in [0, 0.1) is 0 Å². The number of hydrogen-bond donors (Lipinski definition) is 3. The highest BCUT2D eigenvalue weighted by Gasteiger charge is 2.28. The van der Waals surface area contributed by atoms with E-state index in [1.54, 1.807) is 42.5 Å². The molecule has 164 valence electrons. The molecule has 4 rings (SSSR count). The minimum absolute atomic E-state index is 0.0452. The summed E-state index contributed by atoms with van der Waals surface area (Å²) in [4.78, 5) is 12.2. The number of phenols is 1. The number of nitrogens with one attached hydrogen (secondary N) is 1. The molecule has 0 aliphatic carbocycles. The summed E-state index contributed by atoms with van der Waals surface area (Å²) in [7, 11) is -4.98. The number of fused-ring (bicyclic) bond motifs is 1. The summed E-state index contributed by atoms with van der Waals surface area (Å²) in [5, 5.41) is 22.2. The number of para-hydroxylation sites is 1. The van der Waals surface area contributed by atoms with E-state index >= 15 is 0 Å². The highest BCUT2D eigenvalue weighted by atomic mass is 32.2. The highest BCUT2D eigenvalue weighted by molar-refractivity contribution is 7.90. The third kappa shape index (κ3) is 4.93. The van der Waals surface area contributed by atoms with Gasteiger partial charge in [0, 0.05) is 6.07 Å². The summed E-state index contributed by atoms with van der Waals surface area (Å²) in [5.41, 5.74) is 1.76. The van der Waals surface area contributed by atoms with Gasteiger partial charge in [-0.15, -0.1) is 0 Å². The number of anilines is 1. The molecule has 0 radical (unpaired) electrons. The van der Waals surface area contributed by atoms with Crippen molar-refractivity contribution in [2.75, 3.05) is 11.9 Å². The van der Waals surface area contributed by atoms with Gasteiger partial charge in [0.2, 0.25) is 0 Å². The van der Waals surface area contributed by atoms with Crippen LogP contribution in [0.3, 0.4) is 0 Å². The van der Waals surface area contributed by atoms with Crippen LogP contribution in [-0.4, -0.2) is 38.2 Å². The third-order valence-electron chi connectivity index (χ3n) is 4.92. The molecule has 1 aliphatic rings. The maximum Gasteiger partial charge on any atom is 0.491 e. The number of hydrogen-bond acceptors (Lipinski definition) is 7. The average Bonchev–Trinajstić information content (AvgIpc) is 3.13. The number of rotatable bonds is 7. The fourth-order valence-corrected chi connectivity index (χ4v) is 4.88. The van der Waals surface area contributed by atoms with E-state index in [9.17, 15) is 23.3 Å². The molecule has 10 heteroatoms. The van der Waals surface area contributed by atoms with Crippen molar-refractivity contribution in [2.45, 2.75) is 17.3 Å². The molecule has 3 aromatic rings.